The average Bonchev–Trinajstić information content (AvgIpc) is 2.25. The Bertz CT molecular complexity index is 427. The third kappa shape index (κ3) is 3.31. The minimum atomic E-state index is 0.379. The number of rotatable bonds is 4. The molecule has 0 atom stereocenters. The summed E-state index contributed by atoms with van der Waals surface area (Å²) in [6, 6.07) is 0. The second kappa shape index (κ2) is 6.83. The lowest BCUT2D eigenvalue weighted by Gasteiger charge is -2.26. The van der Waals surface area contributed by atoms with Crippen molar-refractivity contribution in [1.82, 2.24) is 0 Å². The Kier molecular flexibility index (Phi) is 6.23. The van der Waals surface area contributed by atoms with E-state index in [1.165, 1.54) is 22.3 Å². The molecule has 0 saturated heterocycles. The lowest BCUT2D eigenvalue weighted by atomic mass is 9.85. The maximum atomic E-state index is 6.68. The summed E-state index contributed by atoms with van der Waals surface area (Å²) >= 11 is 16.7. The van der Waals surface area contributed by atoms with Gasteiger partial charge in [0.2, 0.25) is 0 Å². The van der Waals surface area contributed by atoms with E-state index in [1.807, 2.05) is 0 Å². The molecule has 0 N–H and O–H groups in total. The van der Waals surface area contributed by atoms with Crippen LogP contribution in [0.5, 0.6) is 0 Å². The van der Waals surface area contributed by atoms with Gasteiger partial charge < -0.3 is 0 Å². The summed E-state index contributed by atoms with van der Waals surface area (Å²) in [4.78, 5) is 0. The van der Waals surface area contributed by atoms with Gasteiger partial charge in [-0.05, 0) is 40.0 Å². The topological polar surface area (TPSA) is 0 Å². The van der Waals surface area contributed by atoms with Crippen LogP contribution in [-0.4, -0.2) is 0 Å². The first-order valence-electron chi connectivity index (χ1n) is 6.83. The van der Waals surface area contributed by atoms with Crippen LogP contribution in [0.4, 0.5) is 0 Å². The molecule has 0 fully saturated rings. The first kappa shape index (κ1) is 17.3. The van der Waals surface area contributed by atoms with Gasteiger partial charge in [0.25, 0.3) is 0 Å². The molecule has 0 aromatic heterocycles. The van der Waals surface area contributed by atoms with Crippen molar-refractivity contribution in [3.05, 3.63) is 31.7 Å². The largest absolute Gasteiger partial charge is 0.122 e. The third-order valence-corrected chi connectivity index (χ3v) is 4.99. The van der Waals surface area contributed by atoms with Crippen LogP contribution in [0, 0.1) is 0 Å². The van der Waals surface area contributed by atoms with E-state index < -0.39 is 0 Å². The van der Waals surface area contributed by atoms with Crippen molar-refractivity contribution in [1.29, 1.82) is 0 Å². The first-order valence-corrected chi connectivity index (χ1v) is 8.53. The Morgan fingerprint density at radius 1 is 0.842 bits per heavy atom. The zero-order valence-corrected chi connectivity index (χ0v) is 15.7. The first-order chi connectivity index (χ1) is 8.73. The second-order valence-electron chi connectivity index (χ2n) is 5.95. The lowest BCUT2D eigenvalue weighted by molar-refractivity contribution is 0.782. The highest BCUT2D eigenvalue weighted by Gasteiger charge is 2.25. The highest BCUT2D eigenvalue weighted by molar-refractivity contribution is 9.10. The second-order valence-corrected chi connectivity index (χ2v) is 7.38. The zero-order chi connectivity index (χ0) is 14.9. The van der Waals surface area contributed by atoms with Gasteiger partial charge in [-0.2, -0.15) is 0 Å². The molecule has 0 aliphatic rings. The molecule has 19 heavy (non-hydrogen) atoms. The Labute approximate surface area is 136 Å². The van der Waals surface area contributed by atoms with Crippen LogP contribution in [0.1, 0.15) is 81.5 Å². The molecule has 0 heterocycles. The van der Waals surface area contributed by atoms with E-state index in [1.54, 1.807) is 0 Å². The quantitative estimate of drug-likeness (QED) is 0.494. The molecule has 3 heteroatoms. The molecular weight excluding hydrogens is 343 g/mol. The van der Waals surface area contributed by atoms with Gasteiger partial charge >= 0.3 is 0 Å². The molecule has 1 aromatic carbocycles. The summed E-state index contributed by atoms with van der Waals surface area (Å²) in [5.74, 6) is 1.71. The molecule has 0 aliphatic heterocycles. The maximum absolute atomic E-state index is 6.68. The summed E-state index contributed by atoms with van der Waals surface area (Å²) in [5.41, 5.74) is 4.94. The predicted octanol–water partition coefficient (Wildman–Crippen LogP) is 7.21. The fourth-order valence-corrected chi connectivity index (χ4v) is 5.05. The molecule has 1 aromatic rings. The fraction of sp³-hybridized carbons (Fsp3) is 0.625. The standard InChI is InChI=1S/C16H23BrCl2/c1-8(2)12-11(7-18)13(9(3)4)16(19)14(10(5)6)15(12)17/h8-10H,7H2,1-6H3. The summed E-state index contributed by atoms with van der Waals surface area (Å²) in [6.45, 7) is 13.1. The minimum absolute atomic E-state index is 0.379. The van der Waals surface area contributed by atoms with E-state index in [2.05, 4.69) is 57.5 Å². The zero-order valence-electron chi connectivity index (χ0n) is 12.6. The minimum Gasteiger partial charge on any atom is -0.122 e. The molecule has 0 unspecified atom stereocenters. The summed E-state index contributed by atoms with van der Waals surface area (Å²) in [6.07, 6.45) is 0. The molecule has 1 rings (SSSR count). The summed E-state index contributed by atoms with van der Waals surface area (Å²) in [7, 11) is 0. The number of hydrogen-bond donors (Lipinski definition) is 0. The lowest BCUT2D eigenvalue weighted by Crippen LogP contribution is -2.09. The van der Waals surface area contributed by atoms with E-state index in [9.17, 15) is 0 Å². The normalized spacial score (nSPS) is 12.0. The molecular formula is C16H23BrCl2. The number of benzene rings is 1. The summed E-state index contributed by atoms with van der Waals surface area (Å²) < 4.78 is 1.14. The Morgan fingerprint density at radius 2 is 1.26 bits per heavy atom. The van der Waals surface area contributed by atoms with E-state index in [-0.39, 0.29) is 0 Å². The molecule has 0 nitrogen and oxygen atoms in total. The van der Waals surface area contributed by atoms with Gasteiger partial charge in [0.1, 0.15) is 0 Å². The molecule has 0 amide bonds. The van der Waals surface area contributed by atoms with Crippen LogP contribution in [0.15, 0.2) is 4.47 Å². The van der Waals surface area contributed by atoms with Gasteiger partial charge in [0.15, 0.2) is 0 Å². The van der Waals surface area contributed by atoms with Crippen LogP contribution in [-0.2, 0) is 5.88 Å². The third-order valence-electron chi connectivity index (χ3n) is 3.46. The molecule has 0 aliphatic carbocycles. The van der Waals surface area contributed by atoms with E-state index in [0.29, 0.717) is 23.6 Å². The van der Waals surface area contributed by atoms with Crippen molar-refractivity contribution in [2.45, 2.75) is 65.2 Å². The molecule has 0 radical (unpaired) electrons. The van der Waals surface area contributed by atoms with Crippen LogP contribution in [0.25, 0.3) is 0 Å². The molecule has 0 spiro atoms. The van der Waals surface area contributed by atoms with Gasteiger partial charge in [-0.1, -0.05) is 69.1 Å². The smallest absolute Gasteiger partial charge is 0.0489 e. The maximum Gasteiger partial charge on any atom is 0.0489 e. The monoisotopic (exact) mass is 364 g/mol. The highest BCUT2D eigenvalue weighted by Crippen LogP contribution is 2.45. The van der Waals surface area contributed by atoms with Gasteiger partial charge in [0.05, 0.1) is 0 Å². The van der Waals surface area contributed by atoms with Crippen molar-refractivity contribution in [2.24, 2.45) is 0 Å². The number of hydrogen-bond acceptors (Lipinski definition) is 0. The Morgan fingerprint density at radius 3 is 1.58 bits per heavy atom. The number of halogens is 3. The van der Waals surface area contributed by atoms with Crippen LogP contribution >= 0.6 is 39.1 Å². The van der Waals surface area contributed by atoms with Crippen LogP contribution in [0.2, 0.25) is 5.02 Å². The average molecular weight is 366 g/mol. The number of alkyl halides is 1. The summed E-state index contributed by atoms with van der Waals surface area (Å²) in [5, 5.41) is 0.886. The van der Waals surface area contributed by atoms with Crippen molar-refractivity contribution in [3.63, 3.8) is 0 Å². The SMILES string of the molecule is CC(C)c1c(Cl)c(C(C)C)c(CCl)c(C(C)C)c1Br. The van der Waals surface area contributed by atoms with Gasteiger partial charge in [0, 0.05) is 15.4 Å². The predicted molar refractivity (Wildman–Crippen MR) is 91.0 cm³/mol. The molecule has 108 valence electrons. The van der Waals surface area contributed by atoms with Crippen LogP contribution < -0.4 is 0 Å². The van der Waals surface area contributed by atoms with E-state index >= 15 is 0 Å². The van der Waals surface area contributed by atoms with Crippen molar-refractivity contribution < 1.29 is 0 Å². The van der Waals surface area contributed by atoms with Crippen molar-refractivity contribution in [2.75, 3.05) is 0 Å². The van der Waals surface area contributed by atoms with E-state index in [4.69, 9.17) is 23.2 Å². The molecule has 0 saturated carbocycles. The van der Waals surface area contributed by atoms with E-state index in [0.717, 1.165) is 9.50 Å². The molecule has 0 bridgehead atoms. The highest BCUT2D eigenvalue weighted by atomic mass is 79.9. The van der Waals surface area contributed by atoms with Crippen molar-refractivity contribution >= 4 is 39.1 Å². The fourth-order valence-electron chi connectivity index (χ4n) is 2.65. The van der Waals surface area contributed by atoms with Crippen LogP contribution in [0.3, 0.4) is 0 Å². The van der Waals surface area contributed by atoms with Crippen molar-refractivity contribution in [3.8, 4) is 0 Å². The van der Waals surface area contributed by atoms with Gasteiger partial charge in [-0.3, -0.25) is 0 Å². The Hall–Kier alpha value is 0.280. The van der Waals surface area contributed by atoms with Gasteiger partial charge in [-0.15, -0.1) is 11.6 Å². The van der Waals surface area contributed by atoms with Gasteiger partial charge in [-0.25, -0.2) is 0 Å². The Balaban J connectivity index is 3.82.